The minimum absolute atomic E-state index is 0.0322. The first kappa shape index (κ1) is 20.1. The van der Waals surface area contributed by atoms with Gasteiger partial charge in [-0.3, -0.25) is 9.59 Å². The third-order valence-electron chi connectivity index (χ3n) is 5.51. The lowest BCUT2D eigenvalue weighted by Gasteiger charge is -2.16. The SMILES string of the molecule is O=C(Nc1ccc(F)cc1)c1cn(C[C@@H]2CCCO2)cc2c(=O)n(-c3ccccc3)nc1-2. The van der Waals surface area contributed by atoms with Crippen molar-refractivity contribution in [3.8, 4) is 16.9 Å². The minimum atomic E-state index is -0.430. The van der Waals surface area contributed by atoms with Gasteiger partial charge in [0.05, 0.1) is 22.9 Å². The number of rotatable bonds is 5. The molecule has 1 saturated heterocycles. The Morgan fingerprint density at radius 1 is 1.12 bits per heavy atom. The molecule has 0 radical (unpaired) electrons. The highest BCUT2D eigenvalue weighted by atomic mass is 19.1. The average Bonchev–Trinajstić information content (AvgIpc) is 3.43. The molecule has 1 atom stereocenters. The number of aromatic nitrogens is 3. The zero-order chi connectivity index (χ0) is 22.1. The van der Waals surface area contributed by atoms with Crippen LogP contribution < -0.4 is 10.9 Å². The summed E-state index contributed by atoms with van der Waals surface area (Å²) in [5.41, 5.74) is 1.68. The number of carbonyl (C=O) groups is 1. The van der Waals surface area contributed by atoms with Gasteiger partial charge in [0, 0.05) is 31.2 Å². The number of carbonyl (C=O) groups excluding carboxylic acids is 1. The van der Waals surface area contributed by atoms with E-state index in [0.29, 0.717) is 35.8 Å². The molecule has 1 fully saturated rings. The van der Waals surface area contributed by atoms with Crippen molar-refractivity contribution in [3.05, 3.63) is 88.7 Å². The second kappa shape index (κ2) is 8.39. The summed E-state index contributed by atoms with van der Waals surface area (Å²) in [4.78, 5) is 26.3. The van der Waals surface area contributed by atoms with Gasteiger partial charge < -0.3 is 14.6 Å². The first-order valence-electron chi connectivity index (χ1n) is 10.5. The Kier molecular flexibility index (Phi) is 5.28. The minimum Gasteiger partial charge on any atom is -0.376 e. The fourth-order valence-corrected chi connectivity index (χ4v) is 3.93. The van der Waals surface area contributed by atoms with E-state index in [1.165, 1.54) is 28.9 Å². The molecule has 5 rings (SSSR count). The molecule has 1 amide bonds. The second-order valence-corrected chi connectivity index (χ2v) is 7.78. The van der Waals surface area contributed by atoms with E-state index in [1.54, 1.807) is 24.5 Å². The van der Waals surface area contributed by atoms with E-state index in [1.807, 2.05) is 22.8 Å². The summed E-state index contributed by atoms with van der Waals surface area (Å²) in [5.74, 6) is -0.821. The lowest BCUT2D eigenvalue weighted by atomic mass is 10.1. The summed E-state index contributed by atoms with van der Waals surface area (Å²) in [5, 5.41) is 7.24. The molecule has 8 heteroatoms. The van der Waals surface area contributed by atoms with E-state index in [0.717, 1.165) is 12.8 Å². The normalized spacial score (nSPS) is 15.8. The van der Waals surface area contributed by atoms with Crippen LogP contribution in [0.3, 0.4) is 0 Å². The Balaban J connectivity index is 1.59. The molecule has 0 unspecified atom stereocenters. The zero-order valence-electron chi connectivity index (χ0n) is 17.2. The molecule has 3 aliphatic heterocycles. The maximum atomic E-state index is 13.2. The van der Waals surface area contributed by atoms with Crippen molar-refractivity contribution in [1.82, 2.24) is 14.3 Å². The molecule has 32 heavy (non-hydrogen) atoms. The largest absolute Gasteiger partial charge is 0.376 e. The molecule has 0 spiro atoms. The van der Waals surface area contributed by atoms with Crippen molar-refractivity contribution in [2.75, 3.05) is 11.9 Å². The predicted molar refractivity (Wildman–Crippen MR) is 118 cm³/mol. The van der Waals surface area contributed by atoms with Crippen molar-refractivity contribution in [2.45, 2.75) is 25.5 Å². The van der Waals surface area contributed by atoms with Crippen LogP contribution in [-0.2, 0) is 11.3 Å². The topological polar surface area (TPSA) is 78.2 Å². The highest BCUT2D eigenvalue weighted by Gasteiger charge is 2.26. The highest BCUT2D eigenvalue weighted by Crippen LogP contribution is 2.25. The van der Waals surface area contributed by atoms with Crippen LogP contribution in [0.4, 0.5) is 10.1 Å². The molecule has 0 aromatic heterocycles. The van der Waals surface area contributed by atoms with Crippen molar-refractivity contribution < 1.29 is 13.9 Å². The third kappa shape index (κ3) is 3.92. The van der Waals surface area contributed by atoms with Crippen molar-refractivity contribution in [2.24, 2.45) is 0 Å². The van der Waals surface area contributed by atoms with Gasteiger partial charge in [-0.2, -0.15) is 9.78 Å². The van der Waals surface area contributed by atoms with Crippen LogP contribution in [0.2, 0.25) is 0 Å². The van der Waals surface area contributed by atoms with Gasteiger partial charge in [-0.15, -0.1) is 0 Å². The van der Waals surface area contributed by atoms with E-state index < -0.39 is 11.7 Å². The van der Waals surface area contributed by atoms with Crippen LogP contribution in [0, 0.1) is 5.82 Å². The monoisotopic (exact) mass is 432 g/mol. The summed E-state index contributed by atoms with van der Waals surface area (Å²) < 4.78 is 22.1. The fraction of sp³-hybridized carbons (Fsp3) is 0.208. The standard InChI is InChI=1S/C24H21FN4O3/c25-16-8-10-17(11-9-16)26-23(30)20-14-28(13-19-7-4-12-32-19)15-21-22(20)27-29(24(21)31)18-5-2-1-3-6-18/h1-3,5-6,8-11,14-15,19H,4,7,12-13H2,(H,26,30)/t19-/m0/s1. The van der Waals surface area contributed by atoms with Gasteiger partial charge in [-0.25, -0.2) is 4.39 Å². The van der Waals surface area contributed by atoms with E-state index >= 15 is 0 Å². The number of anilines is 1. The molecule has 7 nitrogen and oxygen atoms in total. The molecule has 0 aliphatic carbocycles. The number of hydrogen-bond donors (Lipinski definition) is 1. The Bertz CT molecular complexity index is 1280. The maximum Gasteiger partial charge on any atom is 0.282 e. The van der Waals surface area contributed by atoms with Gasteiger partial charge in [0.2, 0.25) is 0 Å². The van der Waals surface area contributed by atoms with Gasteiger partial charge in [0.15, 0.2) is 0 Å². The van der Waals surface area contributed by atoms with Crippen LogP contribution in [0.25, 0.3) is 16.9 Å². The molecule has 2 aromatic rings. The number of nitrogens with zero attached hydrogens (tertiary/aromatic N) is 3. The highest BCUT2D eigenvalue weighted by molar-refractivity contribution is 6.08. The van der Waals surface area contributed by atoms with E-state index in [9.17, 15) is 14.0 Å². The summed E-state index contributed by atoms with van der Waals surface area (Å²) in [6, 6.07) is 14.6. The molecule has 0 bridgehead atoms. The van der Waals surface area contributed by atoms with E-state index in [2.05, 4.69) is 10.4 Å². The molecule has 3 heterocycles. The molecule has 0 saturated carbocycles. The first-order valence-corrected chi connectivity index (χ1v) is 10.5. The quantitative estimate of drug-likeness (QED) is 0.522. The smallest absolute Gasteiger partial charge is 0.282 e. The number of pyridine rings is 1. The van der Waals surface area contributed by atoms with Crippen molar-refractivity contribution in [3.63, 3.8) is 0 Å². The molecule has 1 N–H and O–H groups in total. The van der Waals surface area contributed by atoms with Crippen molar-refractivity contribution in [1.29, 1.82) is 0 Å². The molecule has 162 valence electrons. The van der Waals surface area contributed by atoms with Crippen LogP contribution in [0.5, 0.6) is 0 Å². The average molecular weight is 432 g/mol. The number of hydrogen-bond acceptors (Lipinski definition) is 4. The summed E-state index contributed by atoms with van der Waals surface area (Å²) in [6.45, 7) is 1.24. The van der Waals surface area contributed by atoms with Gasteiger partial charge in [0.1, 0.15) is 11.5 Å². The number of ether oxygens (including phenoxy) is 1. The van der Waals surface area contributed by atoms with Gasteiger partial charge in [0.25, 0.3) is 11.5 Å². The molecule has 3 aliphatic rings. The number of benzene rings is 2. The molecular formula is C24H21FN4O3. The Labute approximate surface area is 183 Å². The molecule has 2 aromatic carbocycles. The predicted octanol–water partition coefficient (Wildman–Crippen LogP) is 3.71. The van der Waals surface area contributed by atoms with E-state index in [-0.39, 0.29) is 17.2 Å². The number of nitrogens with one attached hydrogen (secondary N) is 1. The zero-order valence-corrected chi connectivity index (χ0v) is 17.2. The summed E-state index contributed by atoms with van der Waals surface area (Å²) in [7, 11) is 0. The van der Waals surface area contributed by atoms with Crippen LogP contribution in [0.15, 0.2) is 71.8 Å². The van der Waals surface area contributed by atoms with Gasteiger partial charge in [-0.05, 0) is 49.2 Å². The number of amides is 1. The Hall–Kier alpha value is -3.78. The van der Waals surface area contributed by atoms with Crippen LogP contribution >= 0.6 is 0 Å². The number of halogens is 1. The fourth-order valence-electron chi connectivity index (χ4n) is 3.93. The lowest BCUT2D eigenvalue weighted by Crippen LogP contribution is -2.20. The summed E-state index contributed by atoms with van der Waals surface area (Å²) >= 11 is 0. The third-order valence-corrected chi connectivity index (χ3v) is 5.51. The van der Waals surface area contributed by atoms with Crippen LogP contribution in [-0.4, -0.2) is 33.0 Å². The Morgan fingerprint density at radius 3 is 2.62 bits per heavy atom. The maximum absolute atomic E-state index is 13.2. The summed E-state index contributed by atoms with van der Waals surface area (Å²) in [6.07, 6.45) is 5.36. The van der Waals surface area contributed by atoms with Crippen molar-refractivity contribution >= 4 is 11.6 Å². The van der Waals surface area contributed by atoms with Crippen LogP contribution in [0.1, 0.15) is 23.2 Å². The van der Waals surface area contributed by atoms with Gasteiger partial charge in [-0.1, -0.05) is 18.2 Å². The molecular weight excluding hydrogens is 411 g/mol. The number of para-hydroxylation sites is 1. The Morgan fingerprint density at radius 2 is 1.91 bits per heavy atom. The van der Waals surface area contributed by atoms with Gasteiger partial charge >= 0.3 is 0 Å². The van der Waals surface area contributed by atoms with E-state index in [4.69, 9.17) is 4.74 Å². The first-order chi connectivity index (χ1) is 15.6. The number of fused-ring (bicyclic) bond motifs is 1. The second-order valence-electron chi connectivity index (χ2n) is 7.78. The lowest BCUT2D eigenvalue weighted by molar-refractivity contribution is 0.0961.